The quantitative estimate of drug-likeness (QED) is 0.142. The molecule has 127 heavy (non-hydrogen) atoms. The maximum atomic E-state index is 11.9. The Kier molecular flexibility index (Phi) is 25.5. The largest absolute Gasteiger partial charge is 0.393 e. The molecule has 0 saturated heterocycles. The molecule has 0 radical (unpaired) electrons. The summed E-state index contributed by atoms with van der Waals surface area (Å²) in [5.41, 5.74) is 14.2. The van der Waals surface area contributed by atoms with E-state index in [0.717, 1.165) is 189 Å². The molecule has 0 aliphatic heterocycles. The first-order valence-electron chi connectivity index (χ1n) is 51.8. The van der Waals surface area contributed by atoms with Gasteiger partial charge in [-0.1, -0.05) is 217 Å². The average molecular weight is 2070 g/mol. The van der Waals surface area contributed by atoms with E-state index in [4.69, 9.17) is 34.8 Å². The molecule has 0 bridgehead atoms. The summed E-state index contributed by atoms with van der Waals surface area (Å²) in [6.07, 6.45) is 78.7. The van der Waals surface area contributed by atoms with Crippen molar-refractivity contribution >= 4 is 119 Å². The Labute approximate surface area is 816 Å². The number of aliphatic hydroxyl groups excluding tert-OH is 2. The maximum Gasteiger partial charge on any atom is 0.155 e. The number of carbonyl (C=O) groups excluding carboxylic acids is 4. The van der Waals surface area contributed by atoms with Crippen molar-refractivity contribution < 1.29 is 29.4 Å². The fourth-order valence-corrected chi connectivity index (χ4v) is 41.7. The number of hydrogen-bond donors (Lipinski definition) is 2. The van der Waals surface area contributed by atoms with Crippen LogP contribution >= 0.6 is 95.9 Å². The summed E-state index contributed by atoms with van der Waals surface area (Å²) in [4.78, 5) is 48.0. The van der Waals surface area contributed by atoms with Crippen LogP contribution in [0.3, 0.4) is 0 Å². The van der Waals surface area contributed by atoms with Crippen LogP contribution < -0.4 is 0 Å². The molecule has 0 heterocycles. The third-order valence-electron chi connectivity index (χ3n) is 44.4. The minimum Gasteiger partial charge on any atom is -0.393 e. The molecular formula is C115H156BrCl3I2O6. The van der Waals surface area contributed by atoms with Crippen molar-refractivity contribution in [1.29, 1.82) is 0 Å². The lowest BCUT2D eigenvalue weighted by molar-refractivity contribution is -0.117. The van der Waals surface area contributed by atoms with Gasteiger partial charge in [0, 0.05) is 50.3 Å². The Bertz CT molecular complexity index is 4470. The predicted octanol–water partition coefficient (Wildman–Crippen LogP) is 30.6. The van der Waals surface area contributed by atoms with E-state index in [1.807, 2.05) is 24.3 Å². The number of halogens is 6. The molecule has 6 nitrogen and oxygen atoms in total. The number of fused-ring (bicyclic) bond motifs is 30. The predicted molar refractivity (Wildman–Crippen MR) is 543 cm³/mol. The zero-order chi connectivity index (χ0) is 89.8. The fraction of sp³-hybridized carbons (Fsp3) is 0.757. The van der Waals surface area contributed by atoms with Crippen LogP contribution in [0.15, 0.2) is 139 Å². The molecule has 0 amide bonds. The standard InChI is InChI=1S/C20H27ClO.C19H25BrO.C19H25ClO.C19H27ClO.C19H25IO.C19H27IO/c1-12-8-16-14-10-18(21)17-9-13(22)4-7-20(17,3)15(14)5-6-19(16,2)11-12;2*1-18-7-3-4-14(18)13-11-17(20)16-10-12(21)5-9-19(16,2)15(13)6-8-18;1-18-9-7-13(21)11-12(18)3-4-14-15-5-6-17(20)19(15,2)10-8-16(14)18;1-18-7-3-4-14(18)13-11-17(20)16-10-12(21)5-9-19(16,2)15(13)6-8-18;1-18-9-7-13(21)11-12(18)3-4-14-15-5-6-17(20)19(15,2)10-8-16(14)18/h9,11,14-16,18H,4-8,10H2,1-3H3;2*3,7,10,13-15,17H,4-6,8-9,11H2,1-2H3;3,6,13-16,21H,4-5,7-11H2,1-2H3;3,7,10,13-15,17H,4-6,8-9,11H2,1-2H3;3,6,13-16,21H,4-5,7-11H2,1-2H3/t14?,15?,16?,18-,19-,20-;2*13?,14?,15?,17-,18+,19-;13-,14?,15?,16?,18-,19-;13?,14?,15?,17-,18+,19-;13-,14?,15?,16?,18-,19-/m111010/s1. The highest BCUT2D eigenvalue weighted by Crippen LogP contribution is 2.73. The van der Waals surface area contributed by atoms with Gasteiger partial charge in [0.15, 0.2) is 23.1 Å². The van der Waals surface area contributed by atoms with Crippen molar-refractivity contribution in [2.24, 2.45) is 172 Å². The highest BCUT2D eigenvalue weighted by Gasteiger charge is 2.65. The van der Waals surface area contributed by atoms with E-state index in [1.165, 1.54) is 176 Å². The average Bonchev–Trinajstić information content (AvgIpc) is 1.48. The van der Waals surface area contributed by atoms with Crippen LogP contribution in [0, 0.1) is 172 Å². The molecule has 36 atom stereocenters. The number of rotatable bonds is 0. The van der Waals surface area contributed by atoms with E-state index in [0.29, 0.717) is 76.5 Å². The van der Waals surface area contributed by atoms with Crippen molar-refractivity contribution in [3.63, 3.8) is 0 Å². The number of carbonyl (C=O) groups is 4. The molecule has 0 spiro atoms. The molecule has 0 aromatic carbocycles. The highest BCUT2D eigenvalue weighted by molar-refractivity contribution is 14.1. The van der Waals surface area contributed by atoms with Gasteiger partial charge < -0.3 is 10.2 Å². The Hall–Kier alpha value is -1.71. The molecule has 0 aromatic heterocycles. The van der Waals surface area contributed by atoms with E-state index in [2.05, 4.69) is 218 Å². The molecule has 2 N–H and O–H groups in total. The van der Waals surface area contributed by atoms with Gasteiger partial charge in [-0.2, -0.15) is 0 Å². The van der Waals surface area contributed by atoms with Crippen molar-refractivity contribution in [1.82, 2.24) is 0 Å². The van der Waals surface area contributed by atoms with Crippen molar-refractivity contribution in [2.45, 2.75) is 366 Å². The van der Waals surface area contributed by atoms with Crippen LogP contribution in [-0.4, -0.2) is 65.1 Å². The molecule has 18 unspecified atom stereocenters. The fourth-order valence-electron chi connectivity index (χ4n) is 36.9. The smallest absolute Gasteiger partial charge is 0.155 e. The first-order chi connectivity index (χ1) is 60.0. The molecule has 24 aliphatic rings. The van der Waals surface area contributed by atoms with E-state index < -0.39 is 0 Å². The van der Waals surface area contributed by atoms with Gasteiger partial charge in [0.2, 0.25) is 0 Å². The van der Waals surface area contributed by atoms with Gasteiger partial charge in [-0.3, -0.25) is 19.2 Å². The van der Waals surface area contributed by atoms with Crippen LogP contribution in [0.25, 0.3) is 0 Å². The van der Waals surface area contributed by atoms with Crippen LogP contribution in [-0.2, 0) is 19.2 Å². The van der Waals surface area contributed by atoms with Crippen molar-refractivity contribution in [2.75, 3.05) is 0 Å². The number of allylic oxidation sites excluding steroid dienone is 22. The lowest BCUT2D eigenvalue weighted by Gasteiger charge is -2.58. The lowest BCUT2D eigenvalue weighted by Crippen LogP contribution is -2.52. The Morgan fingerprint density at radius 3 is 1.17 bits per heavy atom. The van der Waals surface area contributed by atoms with Gasteiger partial charge >= 0.3 is 0 Å². The van der Waals surface area contributed by atoms with E-state index in [-0.39, 0.29) is 56.2 Å². The van der Waals surface area contributed by atoms with Gasteiger partial charge in [0.1, 0.15) is 0 Å². The first-order valence-corrected chi connectivity index (χ1v) is 56.3. The van der Waals surface area contributed by atoms with E-state index >= 15 is 0 Å². The zero-order valence-electron chi connectivity index (χ0n) is 79.7. The molecule has 0 aromatic rings. The normalized spacial score (nSPS) is 51.9. The number of ketones is 4. The van der Waals surface area contributed by atoms with Gasteiger partial charge in [0.05, 0.1) is 23.0 Å². The second-order valence-electron chi connectivity index (χ2n) is 50.3. The molecule has 694 valence electrons. The van der Waals surface area contributed by atoms with Gasteiger partial charge in [-0.25, -0.2) is 0 Å². The molecule has 12 saturated carbocycles. The Balaban J connectivity index is 0.0000000993. The number of hydrogen-bond acceptors (Lipinski definition) is 6. The van der Waals surface area contributed by atoms with Gasteiger partial charge in [-0.05, 0) is 459 Å². The summed E-state index contributed by atoms with van der Waals surface area (Å²) < 4.78 is 2.20. The van der Waals surface area contributed by atoms with Crippen molar-refractivity contribution in [3.05, 3.63) is 139 Å². The van der Waals surface area contributed by atoms with Gasteiger partial charge in [-0.15, -0.1) is 23.2 Å². The second-order valence-corrected chi connectivity index (χ2v) is 55.6. The zero-order valence-corrected chi connectivity index (χ0v) is 87.9. The maximum absolute atomic E-state index is 11.9. The minimum absolute atomic E-state index is 0.0683. The Morgan fingerprint density at radius 1 is 0.354 bits per heavy atom. The summed E-state index contributed by atoms with van der Waals surface area (Å²) >= 11 is 29.3. The summed E-state index contributed by atoms with van der Waals surface area (Å²) in [5, 5.41) is 21.3. The highest BCUT2D eigenvalue weighted by atomic mass is 127. The van der Waals surface area contributed by atoms with Crippen molar-refractivity contribution in [3.8, 4) is 0 Å². The summed E-state index contributed by atoms with van der Waals surface area (Å²) in [7, 11) is 0. The van der Waals surface area contributed by atoms with Crippen LogP contribution in [0.1, 0.15) is 334 Å². The van der Waals surface area contributed by atoms with Crippen LogP contribution in [0.4, 0.5) is 0 Å². The summed E-state index contributed by atoms with van der Waals surface area (Å²) in [6.45, 7) is 31.8. The Morgan fingerprint density at radius 2 is 0.709 bits per heavy atom. The third-order valence-corrected chi connectivity index (χ3v) is 49.5. The molecular weight excluding hydrogens is 1920 g/mol. The molecule has 12 heteroatoms. The minimum atomic E-state index is -0.0997. The van der Waals surface area contributed by atoms with E-state index in [9.17, 15) is 29.4 Å². The van der Waals surface area contributed by atoms with Crippen LogP contribution in [0.2, 0.25) is 0 Å². The number of aliphatic hydroxyl groups is 2. The number of alkyl halides is 4. The molecule has 24 rings (SSSR count). The lowest BCUT2D eigenvalue weighted by atomic mass is 9.47. The third kappa shape index (κ3) is 15.7. The van der Waals surface area contributed by atoms with E-state index in [1.54, 1.807) is 20.3 Å². The SMILES string of the molecule is CC1=C[C@@]2(C)CCC3C(C[C@@H](Cl)C4=CC(=O)CC[C@@]43C)C2C1.C[C@@]12C=CCC1C1C[C@@H](Br)C3=CC(=O)CC[C@]3(C)C1CC2.C[C@@]12C=CCC1C1C[C@@H](Cl)C3=CC(=O)CC[C@]3(C)C1CC2.C[C@@]12C=CCC1C1C[C@@H](I)C3=CC(=O)CC[C@]3(C)C1CC2.C[C@]12CC[C@H](O)CC1=CCC1C2CC[C@]2(C)C(Cl)=CCC12.C[C@]12CC[C@H](O)CC1=CCC1C2CC[C@]2(C)C(I)=CCC12. The monoisotopic (exact) mass is 2070 g/mol. The second kappa shape index (κ2) is 34.4. The first kappa shape index (κ1) is 94.3. The summed E-state index contributed by atoms with van der Waals surface area (Å²) in [5.74, 6) is 15.6. The molecule has 24 aliphatic carbocycles. The molecule has 12 fully saturated rings. The van der Waals surface area contributed by atoms with Crippen LogP contribution in [0.5, 0.6) is 0 Å². The topological polar surface area (TPSA) is 109 Å². The summed E-state index contributed by atoms with van der Waals surface area (Å²) in [6, 6.07) is 0. The van der Waals surface area contributed by atoms with Gasteiger partial charge in [0.25, 0.3) is 0 Å².